The molecule has 2 unspecified atom stereocenters. The second-order valence-corrected chi connectivity index (χ2v) is 5.62. The number of primary amides is 1. The van der Waals surface area contributed by atoms with Crippen molar-refractivity contribution in [2.75, 3.05) is 0 Å². The van der Waals surface area contributed by atoms with Crippen LogP contribution < -0.4 is 11.1 Å². The molecule has 0 aromatic rings. The lowest BCUT2D eigenvalue weighted by molar-refractivity contribution is -0.142. The minimum Gasteiger partial charge on any atom is -0.480 e. The Bertz CT molecular complexity index is 345. The highest BCUT2D eigenvalue weighted by Gasteiger charge is 2.21. The van der Waals surface area contributed by atoms with Gasteiger partial charge in [0.05, 0.1) is 0 Å². The Morgan fingerprint density at radius 1 is 1.14 bits per heavy atom. The van der Waals surface area contributed by atoms with Crippen LogP contribution in [0.2, 0.25) is 0 Å². The number of carboxylic acids is 1. The van der Waals surface area contributed by atoms with E-state index in [0.29, 0.717) is 6.42 Å². The molecule has 0 fully saturated rings. The predicted octanol–water partition coefficient (Wildman–Crippen LogP) is 1.82. The first-order chi connectivity index (χ1) is 9.86. The number of carbonyl (C=O) groups excluding carboxylic acids is 2. The Hall–Kier alpha value is -1.59. The molecule has 0 aromatic carbocycles. The van der Waals surface area contributed by atoms with Crippen LogP contribution >= 0.6 is 0 Å². The first-order valence-electron chi connectivity index (χ1n) is 7.67. The normalized spacial score (nSPS) is 13.4. The van der Waals surface area contributed by atoms with Crippen molar-refractivity contribution in [3.63, 3.8) is 0 Å². The number of carboxylic acid groups (broad SMARTS) is 1. The number of nitrogens with two attached hydrogens (primary N) is 1. The second kappa shape index (κ2) is 11.1. The Morgan fingerprint density at radius 2 is 1.81 bits per heavy atom. The molecule has 0 aliphatic heterocycles. The van der Waals surface area contributed by atoms with Crippen molar-refractivity contribution in [1.82, 2.24) is 5.32 Å². The fourth-order valence-corrected chi connectivity index (χ4v) is 2.14. The molecule has 6 nitrogen and oxygen atoms in total. The average molecular weight is 300 g/mol. The van der Waals surface area contributed by atoms with E-state index < -0.39 is 17.9 Å². The summed E-state index contributed by atoms with van der Waals surface area (Å²) in [5, 5.41) is 11.5. The van der Waals surface area contributed by atoms with Gasteiger partial charge in [0.15, 0.2) is 0 Å². The van der Waals surface area contributed by atoms with E-state index in [1.54, 1.807) is 0 Å². The summed E-state index contributed by atoms with van der Waals surface area (Å²) in [5.74, 6) is -1.76. The first-order valence-corrected chi connectivity index (χ1v) is 7.67. The first kappa shape index (κ1) is 19.4. The van der Waals surface area contributed by atoms with E-state index in [2.05, 4.69) is 12.2 Å². The largest absolute Gasteiger partial charge is 0.480 e. The Labute approximate surface area is 126 Å². The van der Waals surface area contributed by atoms with Gasteiger partial charge >= 0.3 is 5.97 Å². The highest BCUT2D eigenvalue weighted by Crippen LogP contribution is 2.14. The van der Waals surface area contributed by atoms with Gasteiger partial charge in [-0.15, -0.1) is 0 Å². The number of carbonyl (C=O) groups is 3. The van der Waals surface area contributed by atoms with Gasteiger partial charge in [0.2, 0.25) is 11.8 Å². The van der Waals surface area contributed by atoms with Crippen LogP contribution in [0.5, 0.6) is 0 Å². The van der Waals surface area contributed by atoms with Crippen molar-refractivity contribution in [3.05, 3.63) is 0 Å². The standard InChI is InChI=1S/C15H28N2O4/c1-3-4-5-6-7-11(2)10-14(19)17-12(15(20)21)8-9-13(16)18/h11-12H,3-10H2,1-2H3,(H2,16,18)(H,17,19)(H,20,21). The van der Waals surface area contributed by atoms with Crippen molar-refractivity contribution < 1.29 is 19.5 Å². The molecule has 0 heterocycles. The van der Waals surface area contributed by atoms with Crippen molar-refractivity contribution in [1.29, 1.82) is 0 Å². The summed E-state index contributed by atoms with van der Waals surface area (Å²) in [6.07, 6.45) is 5.89. The van der Waals surface area contributed by atoms with Crippen molar-refractivity contribution in [2.24, 2.45) is 11.7 Å². The van der Waals surface area contributed by atoms with E-state index in [4.69, 9.17) is 10.8 Å². The van der Waals surface area contributed by atoms with Crippen LogP contribution in [-0.4, -0.2) is 28.9 Å². The molecule has 0 spiro atoms. The van der Waals surface area contributed by atoms with E-state index in [0.717, 1.165) is 12.8 Å². The van der Waals surface area contributed by atoms with Gasteiger partial charge in [0, 0.05) is 12.8 Å². The van der Waals surface area contributed by atoms with Gasteiger partial charge in [-0.05, 0) is 12.3 Å². The minimum atomic E-state index is -1.14. The molecule has 0 saturated carbocycles. The highest BCUT2D eigenvalue weighted by molar-refractivity contribution is 5.84. The van der Waals surface area contributed by atoms with Crippen molar-refractivity contribution in [3.8, 4) is 0 Å². The maximum atomic E-state index is 11.8. The van der Waals surface area contributed by atoms with Gasteiger partial charge in [-0.3, -0.25) is 9.59 Å². The summed E-state index contributed by atoms with van der Waals surface area (Å²) in [7, 11) is 0. The van der Waals surface area contributed by atoms with Crippen LogP contribution in [0.15, 0.2) is 0 Å². The lowest BCUT2D eigenvalue weighted by atomic mass is 9.99. The van der Waals surface area contributed by atoms with Crippen LogP contribution in [0.25, 0.3) is 0 Å². The number of aliphatic carboxylic acids is 1. The van der Waals surface area contributed by atoms with Gasteiger partial charge < -0.3 is 16.2 Å². The molecule has 122 valence electrons. The predicted molar refractivity (Wildman–Crippen MR) is 80.5 cm³/mol. The quantitative estimate of drug-likeness (QED) is 0.477. The molecular weight excluding hydrogens is 272 g/mol. The van der Waals surface area contributed by atoms with E-state index in [1.807, 2.05) is 6.92 Å². The van der Waals surface area contributed by atoms with Gasteiger partial charge in [0.1, 0.15) is 6.04 Å². The number of nitrogens with one attached hydrogen (secondary N) is 1. The lowest BCUT2D eigenvalue weighted by Gasteiger charge is -2.16. The molecule has 0 aliphatic carbocycles. The second-order valence-electron chi connectivity index (χ2n) is 5.62. The minimum absolute atomic E-state index is 0.0291. The van der Waals surface area contributed by atoms with Crippen molar-refractivity contribution >= 4 is 17.8 Å². The Kier molecular flexibility index (Phi) is 10.3. The molecular formula is C15H28N2O4. The summed E-state index contributed by atoms with van der Waals surface area (Å²) in [6, 6.07) is -1.04. The zero-order valence-corrected chi connectivity index (χ0v) is 13.1. The topological polar surface area (TPSA) is 109 Å². The molecule has 0 bridgehead atoms. The van der Waals surface area contributed by atoms with Crippen LogP contribution in [0.4, 0.5) is 0 Å². The van der Waals surface area contributed by atoms with E-state index >= 15 is 0 Å². The molecule has 21 heavy (non-hydrogen) atoms. The van der Waals surface area contributed by atoms with E-state index in [1.165, 1.54) is 19.3 Å². The molecule has 0 aromatic heterocycles. The lowest BCUT2D eigenvalue weighted by Crippen LogP contribution is -2.41. The van der Waals surface area contributed by atoms with E-state index in [9.17, 15) is 14.4 Å². The Morgan fingerprint density at radius 3 is 2.33 bits per heavy atom. The van der Waals surface area contributed by atoms with Crippen molar-refractivity contribution in [2.45, 2.75) is 71.3 Å². The summed E-state index contributed by atoms with van der Waals surface area (Å²) in [4.78, 5) is 33.5. The van der Waals surface area contributed by atoms with Gasteiger partial charge in [-0.25, -0.2) is 4.79 Å². The van der Waals surface area contributed by atoms with Gasteiger partial charge in [-0.1, -0.05) is 46.0 Å². The zero-order valence-electron chi connectivity index (χ0n) is 13.1. The third kappa shape index (κ3) is 10.8. The maximum absolute atomic E-state index is 11.8. The van der Waals surface area contributed by atoms with Crippen LogP contribution in [0, 0.1) is 5.92 Å². The van der Waals surface area contributed by atoms with Gasteiger partial charge in [-0.2, -0.15) is 0 Å². The molecule has 2 atom stereocenters. The third-order valence-corrected chi connectivity index (χ3v) is 3.40. The molecule has 0 saturated heterocycles. The summed E-state index contributed by atoms with van der Waals surface area (Å²) >= 11 is 0. The van der Waals surface area contributed by atoms with Crippen LogP contribution in [-0.2, 0) is 14.4 Å². The summed E-state index contributed by atoms with van der Waals surface area (Å²) < 4.78 is 0. The molecule has 0 rings (SSSR count). The fraction of sp³-hybridized carbons (Fsp3) is 0.800. The number of amides is 2. The molecule has 6 heteroatoms. The monoisotopic (exact) mass is 300 g/mol. The van der Waals surface area contributed by atoms with E-state index in [-0.39, 0.29) is 24.7 Å². The number of hydrogen-bond donors (Lipinski definition) is 3. The highest BCUT2D eigenvalue weighted by atomic mass is 16.4. The third-order valence-electron chi connectivity index (χ3n) is 3.40. The summed E-state index contributed by atoms with van der Waals surface area (Å²) in [5.41, 5.74) is 4.99. The summed E-state index contributed by atoms with van der Waals surface area (Å²) in [6.45, 7) is 4.14. The Balaban J connectivity index is 4.06. The van der Waals surface area contributed by atoms with Crippen LogP contribution in [0.1, 0.15) is 65.2 Å². The number of hydrogen-bond acceptors (Lipinski definition) is 3. The fourth-order valence-electron chi connectivity index (χ4n) is 2.14. The van der Waals surface area contributed by atoms with Gasteiger partial charge in [0.25, 0.3) is 0 Å². The molecule has 2 amide bonds. The molecule has 0 aliphatic rings. The SMILES string of the molecule is CCCCCCC(C)CC(=O)NC(CCC(N)=O)C(=O)O. The molecule has 4 N–H and O–H groups in total. The molecule has 0 radical (unpaired) electrons. The zero-order chi connectivity index (χ0) is 16.3. The van der Waals surface area contributed by atoms with Crippen LogP contribution in [0.3, 0.4) is 0 Å². The number of unbranched alkanes of at least 4 members (excludes halogenated alkanes) is 3. The average Bonchev–Trinajstić information content (AvgIpc) is 2.39. The smallest absolute Gasteiger partial charge is 0.326 e. The maximum Gasteiger partial charge on any atom is 0.326 e. The number of rotatable bonds is 12.